The fourth-order valence-corrected chi connectivity index (χ4v) is 5.67. The van der Waals surface area contributed by atoms with Crippen molar-refractivity contribution in [2.45, 2.75) is 91.0 Å². The summed E-state index contributed by atoms with van der Waals surface area (Å²) in [6.45, 7) is 14.9. The van der Waals surface area contributed by atoms with Crippen molar-refractivity contribution in [1.29, 1.82) is 0 Å². The summed E-state index contributed by atoms with van der Waals surface area (Å²) < 4.78 is 4.52. The first-order chi connectivity index (χ1) is 16.4. The van der Waals surface area contributed by atoms with Gasteiger partial charge in [0.15, 0.2) is 5.78 Å². The van der Waals surface area contributed by atoms with Gasteiger partial charge in [-0.15, -0.1) is 0 Å². The molecule has 2 atom stereocenters. The molecule has 2 aromatic carbocycles. The van der Waals surface area contributed by atoms with E-state index < -0.39 is 0 Å². The molecule has 3 rings (SSSR count). The Morgan fingerprint density at radius 1 is 1.06 bits per heavy atom. The van der Waals surface area contributed by atoms with Crippen molar-refractivity contribution in [1.82, 2.24) is 4.90 Å². The molecule has 0 aromatic heterocycles. The molecule has 2 aromatic rings. The summed E-state index contributed by atoms with van der Waals surface area (Å²) in [4.78, 5) is 16.0. The molecule has 190 valence electrons. The molecule has 1 fully saturated rings. The van der Waals surface area contributed by atoms with Gasteiger partial charge >= 0.3 is 0 Å². The number of Topliss-reactive ketones (excluding diaryl/α,β-unsaturated/α-hetero) is 1. The van der Waals surface area contributed by atoms with E-state index in [1.165, 1.54) is 5.56 Å². The second-order valence-corrected chi connectivity index (χ2v) is 12.3. The summed E-state index contributed by atoms with van der Waals surface area (Å²) in [5.41, 5.74) is 3.03. The van der Waals surface area contributed by atoms with Crippen molar-refractivity contribution in [2.24, 2.45) is 9.94 Å². The van der Waals surface area contributed by atoms with E-state index in [1.807, 2.05) is 18.2 Å². The van der Waals surface area contributed by atoms with E-state index in [2.05, 4.69) is 97.8 Å². The van der Waals surface area contributed by atoms with E-state index in [0.717, 1.165) is 42.6 Å². The molecular weight excluding hydrogens is 500 g/mol. The van der Waals surface area contributed by atoms with E-state index in [4.69, 9.17) is 0 Å². The number of nitrogens with zero attached hydrogens (tertiary/aromatic N) is 2. The predicted octanol–water partition coefficient (Wildman–Crippen LogP) is 7.61. The first kappa shape index (κ1) is 27.4. The third-order valence-corrected chi connectivity index (χ3v) is 7.42. The summed E-state index contributed by atoms with van der Waals surface area (Å²) in [7, 11) is 0. The lowest BCUT2D eigenvalue weighted by Crippen LogP contribution is -2.38. The second kappa shape index (κ2) is 10.9. The lowest BCUT2D eigenvalue weighted by molar-refractivity contribution is 0.0950. The average molecular weight is 542 g/mol. The number of carbonyl (C=O) groups is 1. The van der Waals surface area contributed by atoms with Gasteiger partial charge in [-0.25, -0.2) is 0 Å². The molecular formula is C30H41BrN2O2. The minimum absolute atomic E-state index is 0.0658. The van der Waals surface area contributed by atoms with Gasteiger partial charge in [-0.2, -0.15) is 4.02 Å². The van der Waals surface area contributed by atoms with Crippen LogP contribution in [0.2, 0.25) is 0 Å². The maximum Gasteiger partial charge on any atom is 0.182 e. The third-order valence-electron chi connectivity index (χ3n) is 7.05. The number of ketones is 1. The molecule has 0 spiro atoms. The van der Waals surface area contributed by atoms with Crippen LogP contribution in [0.15, 0.2) is 46.5 Å². The van der Waals surface area contributed by atoms with E-state index in [1.54, 1.807) is 0 Å². The molecule has 0 bridgehead atoms. The van der Waals surface area contributed by atoms with Crippen LogP contribution in [0.5, 0.6) is 5.75 Å². The number of halogens is 1. The zero-order valence-corrected chi connectivity index (χ0v) is 23.9. The van der Waals surface area contributed by atoms with Crippen molar-refractivity contribution in [2.75, 3.05) is 6.54 Å². The Kier molecular flexibility index (Phi) is 8.52. The minimum atomic E-state index is -0.276. The molecule has 0 aliphatic carbocycles. The minimum Gasteiger partial charge on any atom is -0.507 e. The summed E-state index contributed by atoms with van der Waals surface area (Å²) in [5.74, 6) is 1.61. The Labute approximate surface area is 220 Å². The summed E-state index contributed by atoms with van der Waals surface area (Å²) in [6, 6.07) is 14.6. The number of phenolic OH excluding ortho intramolecular Hbond substituents is 1. The number of carbonyl (C=O) groups excluding carboxylic acids is 1. The molecule has 1 aliphatic heterocycles. The average Bonchev–Trinajstić information content (AvgIpc) is 3.08. The molecule has 0 unspecified atom stereocenters. The predicted molar refractivity (Wildman–Crippen MR) is 150 cm³/mol. The van der Waals surface area contributed by atoms with E-state index in [-0.39, 0.29) is 28.6 Å². The molecule has 1 N–H and O–H groups in total. The first-order valence-electron chi connectivity index (χ1n) is 12.8. The van der Waals surface area contributed by atoms with Gasteiger partial charge in [0.1, 0.15) is 11.6 Å². The van der Waals surface area contributed by atoms with E-state index >= 15 is 0 Å². The SMILES string of the molecule is CCC[C@@H]1C[C@H](Cc2ccccc2)C(=NBr)N1CC(=O)c1cc(C(C)(C)C)c(O)c(C(C)(C)C)c1. The van der Waals surface area contributed by atoms with Gasteiger partial charge < -0.3 is 10.0 Å². The van der Waals surface area contributed by atoms with Crippen molar-refractivity contribution in [3.8, 4) is 5.75 Å². The molecule has 1 saturated heterocycles. The number of aromatic hydroxyl groups is 1. The first-order valence-corrected chi connectivity index (χ1v) is 13.5. The summed E-state index contributed by atoms with van der Waals surface area (Å²) in [5, 5.41) is 11.1. The Morgan fingerprint density at radius 3 is 2.11 bits per heavy atom. The van der Waals surface area contributed by atoms with Gasteiger partial charge in [0.25, 0.3) is 0 Å². The highest BCUT2D eigenvalue weighted by Gasteiger charge is 2.38. The zero-order chi connectivity index (χ0) is 26.0. The Morgan fingerprint density at radius 2 is 1.63 bits per heavy atom. The van der Waals surface area contributed by atoms with Crippen LogP contribution < -0.4 is 0 Å². The van der Waals surface area contributed by atoms with Crippen LogP contribution in [0.1, 0.15) is 94.8 Å². The standard InChI is InChI=1S/C30H41BrN2O2/c1-8-12-23-16-22(15-20-13-10-9-11-14-20)28(32-31)33(23)19-26(34)21-17-24(29(2,3)4)27(35)25(18-21)30(5,6)7/h9-11,13-14,17-18,22-23,35H,8,12,15-16,19H2,1-7H3/t22-,23+/m0/s1. The fourth-order valence-electron chi connectivity index (χ4n) is 5.18. The van der Waals surface area contributed by atoms with E-state index in [0.29, 0.717) is 17.9 Å². The van der Waals surface area contributed by atoms with Crippen LogP contribution in [0.4, 0.5) is 0 Å². The number of likely N-dealkylation sites (tertiary alicyclic amines) is 1. The van der Waals surface area contributed by atoms with Crippen LogP contribution in [0, 0.1) is 5.92 Å². The van der Waals surface area contributed by atoms with Gasteiger partial charge in [0, 0.05) is 28.7 Å². The van der Waals surface area contributed by atoms with Crippen LogP contribution in [0.3, 0.4) is 0 Å². The summed E-state index contributed by atoms with van der Waals surface area (Å²) in [6.07, 6.45) is 4.00. The summed E-state index contributed by atoms with van der Waals surface area (Å²) >= 11 is 3.38. The number of amidine groups is 1. The third kappa shape index (κ3) is 6.35. The lowest BCUT2D eigenvalue weighted by Gasteiger charge is -2.29. The fraction of sp³-hybridized carbons (Fsp3) is 0.533. The van der Waals surface area contributed by atoms with Crippen LogP contribution in [-0.2, 0) is 17.3 Å². The smallest absolute Gasteiger partial charge is 0.182 e. The highest BCUT2D eigenvalue weighted by atomic mass is 79.9. The Balaban J connectivity index is 1.94. The molecule has 1 aliphatic rings. The maximum absolute atomic E-state index is 13.8. The quantitative estimate of drug-likeness (QED) is 0.367. The van der Waals surface area contributed by atoms with Crippen LogP contribution in [-0.4, -0.2) is 34.2 Å². The van der Waals surface area contributed by atoms with Gasteiger partial charge in [0.2, 0.25) is 0 Å². The lowest BCUT2D eigenvalue weighted by atomic mass is 9.78. The molecule has 35 heavy (non-hydrogen) atoms. The molecule has 4 nitrogen and oxygen atoms in total. The molecule has 1 heterocycles. The van der Waals surface area contributed by atoms with Crippen molar-refractivity contribution in [3.63, 3.8) is 0 Å². The number of rotatable bonds is 7. The molecule has 0 amide bonds. The molecule has 0 saturated carbocycles. The van der Waals surface area contributed by atoms with Crippen molar-refractivity contribution < 1.29 is 9.90 Å². The van der Waals surface area contributed by atoms with Gasteiger partial charge in [-0.1, -0.05) is 85.2 Å². The molecule has 0 radical (unpaired) electrons. The highest BCUT2D eigenvalue weighted by molar-refractivity contribution is 9.08. The zero-order valence-electron chi connectivity index (χ0n) is 22.4. The van der Waals surface area contributed by atoms with Crippen LogP contribution in [0.25, 0.3) is 0 Å². The second-order valence-electron chi connectivity index (χ2n) is 12.0. The van der Waals surface area contributed by atoms with Crippen molar-refractivity contribution in [3.05, 3.63) is 64.7 Å². The molecule has 5 heteroatoms. The number of hydrogen-bond donors (Lipinski definition) is 1. The van der Waals surface area contributed by atoms with Gasteiger partial charge in [0.05, 0.1) is 22.7 Å². The Hall–Kier alpha value is -2.14. The largest absolute Gasteiger partial charge is 0.507 e. The maximum atomic E-state index is 13.8. The Bertz CT molecular complexity index is 1030. The van der Waals surface area contributed by atoms with E-state index in [9.17, 15) is 9.90 Å². The number of phenols is 1. The van der Waals surface area contributed by atoms with Gasteiger partial charge in [-0.05, 0) is 47.8 Å². The van der Waals surface area contributed by atoms with Gasteiger partial charge in [-0.3, -0.25) is 4.79 Å². The number of benzene rings is 2. The van der Waals surface area contributed by atoms with Crippen molar-refractivity contribution >= 4 is 27.8 Å². The highest BCUT2D eigenvalue weighted by Crippen LogP contribution is 2.40. The van der Waals surface area contributed by atoms with Crippen LogP contribution >= 0.6 is 16.1 Å². The number of hydrogen-bond acceptors (Lipinski definition) is 3. The topological polar surface area (TPSA) is 52.9 Å². The monoisotopic (exact) mass is 540 g/mol. The normalized spacial score (nSPS) is 20.0.